The van der Waals surface area contributed by atoms with Gasteiger partial charge in [-0.05, 0) is 66.2 Å². The maximum atomic E-state index is 14.5. The summed E-state index contributed by atoms with van der Waals surface area (Å²) in [5.74, 6) is -10.5. The molecule has 11 atom stereocenters. The third-order valence-corrected chi connectivity index (χ3v) is 14.5. The third-order valence-electron chi connectivity index (χ3n) is 13.3. The Hall–Kier alpha value is -7.49. The van der Waals surface area contributed by atoms with E-state index in [9.17, 15) is 83.7 Å². The maximum Gasteiger partial charge on any atom is 0.326 e. The summed E-state index contributed by atoms with van der Waals surface area (Å²) in [4.78, 5) is 133. The minimum absolute atomic E-state index is 0.0168. The average Bonchev–Trinajstić information content (AvgIpc) is 3.62. The number of unbranched alkanes of at least 4 members (excludes halogenated alkanes) is 2. The molecule has 1 fully saturated rings. The van der Waals surface area contributed by atoms with E-state index in [1.54, 1.807) is 86.6 Å². The SMILES string of the molecule is CCCCCC(NC(=O)C(Cc1ccccc1)NC(=O)C(Cc1ccccc1)NC(=O)CNC(=O)c1ccc(CCSC2OC(CO)C(O)C(O)C2O)cc1)C(=O)NC(CC(=O)O)C(=O)NC(CCC(=O)O)C(=O)NC(CC(C)C)C(=O)O. The number of amides is 7. The van der Waals surface area contributed by atoms with Gasteiger partial charge >= 0.3 is 17.9 Å². The Morgan fingerprint density at radius 3 is 1.59 bits per heavy atom. The van der Waals surface area contributed by atoms with E-state index in [0.29, 0.717) is 42.6 Å². The highest BCUT2D eigenvalue weighted by Gasteiger charge is 2.43. The van der Waals surface area contributed by atoms with Gasteiger partial charge in [-0.15, -0.1) is 11.8 Å². The summed E-state index contributed by atoms with van der Waals surface area (Å²) < 4.78 is 5.54. The molecule has 0 bridgehead atoms. The van der Waals surface area contributed by atoms with Crippen molar-refractivity contribution in [1.29, 1.82) is 0 Å². The van der Waals surface area contributed by atoms with Crippen LogP contribution in [0.4, 0.5) is 0 Å². The lowest BCUT2D eigenvalue weighted by Crippen LogP contribution is -2.60. The first-order valence-electron chi connectivity index (χ1n) is 27.3. The van der Waals surface area contributed by atoms with Crippen molar-refractivity contribution in [2.45, 2.75) is 158 Å². The van der Waals surface area contributed by atoms with Crippen molar-refractivity contribution >= 4 is 71.0 Å². The topological polar surface area (TPSA) is 406 Å². The smallest absolute Gasteiger partial charge is 0.326 e. The van der Waals surface area contributed by atoms with Gasteiger partial charge in [0.1, 0.15) is 66.1 Å². The van der Waals surface area contributed by atoms with Crippen LogP contribution in [0.15, 0.2) is 84.9 Å². The number of ether oxygens (including phenoxy) is 1. The van der Waals surface area contributed by atoms with Gasteiger partial charge in [-0.1, -0.05) is 113 Å². The number of carbonyl (C=O) groups is 10. The van der Waals surface area contributed by atoms with Gasteiger partial charge in [0.25, 0.3) is 5.91 Å². The Morgan fingerprint density at radius 1 is 0.566 bits per heavy atom. The van der Waals surface area contributed by atoms with Gasteiger partial charge in [0.05, 0.1) is 19.6 Å². The van der Waals surface area contributed by atoms with Gasteiger partial charge in [0.15, 0.2) is 0 Å². The number of aliphatic carboxylic acids is 3. The fraction of sp³-hybridized carbons (Fsp3) is 0.509. The number of rotatable bonds is 35. The van der Waals surface area contributed by atoms with E-state index in [0.717, 1.165) is 5.56 Å². The lowest BCUT2D eigenvalue weighted by atomic mass is 10.0. The molecule has 454 valence electrons. The molecule has 7 amide bonds. The molecular weight excluding hydrogens is 1100 g/mol. The highest BCUT2D eigenvalue weighted by molar-refractivity contribution is 7.99. The molecular formula is C57H77N7O18S. The van der Waals surface area contributed by atoms with Crippen LogP contribution in [0.25, 0.3) is 0 Å². The lowest BCUT2D eigenvalue weighted by Gasteiger charge is -2.39. The summed E-state index contributed by atoms with van der Waals surface area (Å²) in [6, 6.07) is 14.4. The molecule has 0 aliphatic carbocycles. The molecule has 4 rings (SSSR count). The molecule has 3 aromatic rings. The van der Waals surface area contributed by atoms with E-state index < -0.39 is 158 Å². The minimum Gasteiger partial charge on any atom is -0.481 e. The summed E-state index contributed by atoms with van der Waals surface area (Å²) in [7, 11) is 0. The van der Waals surface area contributed by atoms with Crippen molar-refractivity contribution < 1.29 is 88.4 Å². The Balaban J connectivity index is 1.50. The molecule has 83 heavy (non-hydrogen) atoms. The van der Waals surface area contributed by atoms with Crippen molar-refractivity contribution in [3.63, 3.8) is 0 Å². The van der Waals surface area contributed by atoms with Gasteiger partial charge in [0.2, 0.25) is 35.4 Å². The number of thioether (sulfide) groups is 1. The molecule has 1 aliphatic rings. The van der Waals surface area contributed by atoms with Crippen molar-refractivity contribution in [3.05, 3.63) is 107 Å². The van der Waals surface area contributed by atoms with E-state index in [2.05, 4.69) is 37.2 Å². The van der Waals surface area contributed by atoms with Crippen LogP contribution in [0.2, 0.25) is 0 Å². The largest absolute Gasteiger partial charge is 0.481 e. The number of aliphatic hydroxyl groups is 4. The molecule has 26 heteroatoms. The van der Waals surface area contributed by atoms with E-state index in [1.165, 1.54) is 23.9 Å². The molecule has 0 radical (unpaired) electrons. The highest BCUT2D eigenvalue weighted by atomic mass is 32.2. The van der Waals surface area contributed by atoms with E-state index in [4.69, 9.17) is 4.74 Å². The molecule has 0 saturated carbocycles. The Bertz CT molecular complexity index is 2630. The minimum atomic E-state index is -1.90. The quantitative estimate of drug-likeness (QED) is 0.0343. The summed E-state index contributed by atoms with van der Waals surface area (Å²) >= 11 is 1.18. The van der Waals surface area contributed by atoms with Gasteiger partial charge in [-0.3, -0.25) is 43.2 Å². The first kappa shape index (κ1) is 68.0. The fourth-order valence-corrected chi connectivity index (χ4v) is 9.95. The lowest BCUT2D eigenvalue weighted by molar-refractivity contribution is -0.205. The molecule has 14 N–H and O–H groups in total. The molecule has 3 aromatic carbocycles. The predicted octanol–water partition coefficient (Wildman–Crippen LogP) is -0.0633. The molecule has 1 saturated heterocycles. The molecule has 1 heterocycles. The van der Waals surface area contributed by atoms with Crippen LogP contribution in [0.3, 0.4) is 0 Å². The Morgan fingerprint density at radius 2 is 1.07 bits per heavy atom. The van der Waals surface area contributed by atoms with Gasteiger partial charge in [0, 0.05) is 24.8 Å². The number of nitrogens with one attached hydrogen (secondary N) is 7. The number of aryl methyl sites for hydroxylation is 1. The normalized spacial score (nSPS) is 18.8. The number of hydrogen-bond donors (Lipinski definition) is 14. The average molecular weight is 1180 g/mol. The van der Waals surface area contributed by atoms with Crippen LogP contribution in [-0.2, 0) is 67.2 Å². The second-order valence-corrected chi connectivity index (χ2v) is 21.7. The summed E-state index contributed by atoms with van der Waals surface area (Å²) in [5, 5.41) is 86.3. The number of benzene rings is 3. The highest BCUT2D eigenvalue weighted by Crippen LogP contribution is 2.29. The van der Waals surface area contributed by atoms with E-state index >= 15 is 0 Å². The van der Waals surface area contributed by atoms with Gasteiger partial charge in [-0.25, -0.2) is 4.79 Å². The summed E-state index contributed by atoms with van der Waals surface area (Å²) in [6.45, 7) is 4.17. The summed E-state index contributed by atoms with van der Waals surface area (Å²) in [6.07, 6.45) is -5.85. The standard InChI is InChI=1S/C57H77N7O18S/c1-4-5-8-17-37(51(75)63-41(29-46(69)70)55(79)61-38(22-23-45(67)68)52(76)64-42(56(80)81)26-32(2)3)60-54(78)40(28-35-15-11-7-12-16-35)62-53(77)39(27-34-13-9-6-10-14-34)59-44(66)30-58-50(74)36-20-18-33(19-21-36)24-25-83-57-49(73)48(72)47(71)43(31-65)82-57/h6-7,9-16,18-21,32,37-43,47-49,57,65,71-73H,4-5,8,17,22-31H2,1-3H3,(H,58,74)(H,59,66)(H,60,78)(H,61,79)(H,62,77)(H,63,75)(H,64,76)(H,67,68)(H,69,70)(H,80,81). The van der Waals surface area contributed by atoms with Crippen LogP contribution >= 0.6 is 11.8 Å². The number of carbonyl (C=O) groups excluding carboxylic acids is 7. The van der Waals surface area contributed by atoms with Crippen molar-refractivity contribution in [3.8, 4) is 0 Å². The first-order valence-corrected chi connectivity index (χ1v) is 28.4. The summed E-state index contributed by atoms with van der Waals surface area (Å²) in [5.41, 5.74) is 1.29. The van der Waals surface area contributed by atoms with Gasteiger partial charge in [-0.2, -0.15) is 0 Å². The molecule has 11 unspecified atom stereocenters. The predicted molar refractivity (Wildman–Crippen MR) is 301 cm³/mol. The number of hydrogen-bond acceptors (Lipinski definition) is 16. The van der Waals surface area contributed by atoms with Crippen LogP contribution < -0.4 is 37.2 Å². The second kappa shape index (κ2) is 34.8. The zero-order valence-electron chi connectivity index (χ0n) is 46.4. The Kier molecular flexibility index (Phi) is 28.5. The van der Waals surface area contributed by atoms with Crippen LogP contribution in [0.1, 0.15) is 99.2 Å². The monoisotopic (exact) mass is 1180 g/mol. The molecule has 25 nitrogen and oxygen atoms in total. The van der Waals surface area contributed by atoms with Crippen molar-refractivity contribution in [2.24, 2.45) is 5.92 Å². The zero-order chi connectivity index (χ0) is 61.2. The molecule has 0 spiro atoms. The zero-order valence-corrected chi connectivity index (χ0v) is 47.3. The van der Waals surface area contributed by atoms with Crippen molar-refractivity contribution in [1.82, 2.24) is 37.2 Å². The second-order valence-electron chi connectivity index (χ2n) is 20.5. The van der Waals surface area contributed by atoms with E-state index in [-0.39, 0.29) is 37.2 Å². The number of carboxylic acid groups (broad SMARTS) is 3. The first-order chi connectivity index (χ1) is 39.5. The number of carboxylic acids is 3. The van der Waals surface area contributed by atoms with Gasteiger partial charge < -0.3 is 77.7 Å². The Labute approximate surface area is 484 Å². The van der Waals surface area contributed by atoms with Crippen molar-refractivity contribution in [2.75, 3.05) is 18.9 Å². The van der Waals surface area contributed by atoms with Crippen LogP contribution in [-0.4, -0.2) is 180 Å². The third kappa shape index (κ3) is 23.4. The van der Waals surface area contributed by atoms with Crippen LogP contribution in [0.5, 0.6) is 0 Å². The molecule has 1 aliphatic heterocycles. The maximum absolute atomic E-state index is 14.5. The number of aliphatic hydroxyl groups excluding tert-OH is 4. The van der Waals surface area contributed by atoms with Crippen LogP contribution in [0, 0.1) is 5.92 Å². The van der Waals surface area contributed by atoms with E-state index in [1.807, 2.05) is 6.92 Å². The fourth-order valence-electron chi connectivity index (χ4n) is 8.79. The molecule has 0 aromatic heterocycles.